The molecule has 0 radical (unpaired) electrons. The molecule has 2 aromatic carbocycles. The number of aromatic amines is 1. The second kappa shape index (κ2) is 9.50. The van der Waals surface area contributed by atoms with Crippen LogP contribution in [0.2, 0.25) is 0 Å². The van der Waals surface area contributed by atoms with Crippen LogP contribution in [0.15, 0.2) is 54.6 Å². The number of carbonyl (C=O) groups excluding carboxylic acids is 1. The summed E-state index contributed by atoms with van der Waals surface area (Å²) < 4.78 is 0. The number of fused-ring (bicyclic) bond motifs is 1. The predicted octanol–water partition coefficient (Wildman–Crippen LogP) is 5.67. The molecule has 1 unspecified atom stereocenters. The van der Waals surface area contributed by atoms with Crippen molar-refractivity contribution < 1.29 is 4.79 Å². The van der Waals surface area contributed by atoms with E-state index in [1.54, 1.807) is 0 Å². The Bertz CT molecular complexity index is 1030. The van der Waals surface area contributed by atoms with Crippen molar-refractivity contribution >= 4 is 16.8 Å². The van der Waals surface area contributed by atoms with Crippen molar-refractivity contribution in [1.82, 2.24) is 14.8 Å². The van der Waals surface area contributed by atoms with E-state index in [2.05, 4.69) is 61.8 Å². The number of aromatic nitrogens is 1. The molecule has 4 heteroatoms. The highest BCUT2D eigenvalue weighted by Gasteiger charge is 2.33. The third-order valence-corrected chi connectivity index (χ3v) is 7.00. The van der Waals surface area contributed by atoms with Crippen molar-refractivity contribution in [1.29, 1.82) is 0 Å². The number of hydrogen-bond acceptors (Lipinski definition) is 2. The molecule has 1 saturated heterocycles. The van der Waals surface area contributed by atoms with E-state index in [0.29, 0.717) is 11.6 Å². The van der Waals surface area contributed by atoms with Crippen LogP contribution >= 0.6 is 0 Å². The number of para-hydroxylation sites is 1. The summed E-state index contributed by atoms with van der Waals surface area (Å²) >= 11 is 0. The van der Waals surface area contributed by atoms with Crippen molar-refractivity contribution in [2.24, 2.45) is 5.92 Å². The van der Waals surface area contributed by atoms with E-state index in [4.69, 9.17) is 0 Å². The molecule has 170 valence electrons. The largest absolute Gasteiger partial charge is 0.351 e. The molecule has 1 amide bonds. The number of aryl methyl sites for hydroxylation is 1. The molecule has 1 aromatic heterocycles. The summed E-state index contributed by atoms with van der Waals surface area (Å²) in [5, 5.41) is 1.09. The summed E-state index contributed by atoms with van der Waals surface area (Å²) in [6.45, 7) is 12.7. The standard InChI is InChI=1S/C28H37N3O/c1-5-30(27(32)26-17-24-13-6-7-14-25(24)29-26)19-23-12-9-15-31(20-23)28(3,4)18-22-11-8-10-21(2)16-22/h6-8,10-11,13-14,16-17,23,29H,5,9,12,15,18-20H2,1-4H3. The summed E-state index contributed by atoms with van der Waals surface area (Å²) in [6.07, 6.45) is 3.43. The lowest BCUT2D eigenvalue weighted by molar-refractivity contribution is 0.0474. The van der Waals surface area contributed by atoms with Crippen molar-refractivity contribution in [2.75, 3.05) is 26.2 Å². The van der Waals surface area contributed by atoms with Gasteiger partial charge in [0.05, 0.1) is 0 Å². The average molecular weight is 432 g/mol. The normalized spacial score (nSPS) is 17.6. The number of carbonyl (C=O) groups is 1. The topological polar surface area (TPSA) is 39.3 Å². The van der Waals surface area contributed by atoms with Gasteiger partial charge in [0.1, 0.15) is 5.69 Å². The van der Waals surface area contributed by atoms with E-state index < -0.39 is 0 Å². The predicted molar refractivity (Wildman–Crippen MR) is 133 cm³/mol. The van der Waals surface area contributed by atoms with Gasteiger partial charge < -0.3 is 9.88 Å². The van der Waals surface area contributed by atoms with Crippen LogP contribution in [0.1, 0.15) is 55.2 Å². The minimum atomic E-state index is 0.102. The fraction of sp³-hybridized carbons (Fsp3) is 0.464. The fourth-order valence-electron chi connectivity index (χ4n) is 5.22. The molecule has 1 fully saturated rings. The average Bonchev–Trinajstić information content (AvgIpc) is 3.21. The smallest absolute Gasteiger partial charge is 0.270 e. The maximum atomic E-state index is 13.3. The van der Waals surface area contributed by atoms with Crippen LogP contribution in [0.5, 0.6) is 0 Å². The van der Waals surface area contributed by atoms with Crippen LogP contribution in [0.25, 0.3) is 10.9 Å². The second-order valence-electron chi connectivity index (χ2n) is 10.0. The van der Waals surface area contributed by atoms with Gasteiger partial charge in [-0.05, 0) is 77.1 Å². The minimum absolute atomic E-state index is 0.102. The number of benzene rings is 2. The zero-order valence-corrected chi connectivity index (χ0v) is 20.0. The van der Waals surface area contributed by atoms with Crippen molar-refractivity contribution in [3.8, 4) is 0 Å². The Balaban J connectivity index is 1.42. The highest BCUT2D eigenvalue weighted by molar-refractivity contribution is 5.98. The number of H-pyrrole nitrogens is 1. The van der Waals surface area contributed by atoms with Gasteiger partial charge in [-0.1, -0.05) is 48.0 Å². The molecular weight excluding hydrogens is 394 g/mol. The van der Waals surface area contributed by atoms with Crippen LogP contribution in [-0.2, 0) is 6.42 Å². The minimum Gasteiger partial charge on any atom is -0.351 e. The van der Waals surface area contributed by atoms with E-state index in [1.807, 2.05) is 35.2 Å². The molecule has 1 aliphatic rings. The van der Waals surface area contributed by atoms with E-state index in [0.717, 1.165) is 43.5 Å². The van der Waals surface area contributed by atoms with Crippen molar-refractivity contribution in [3.05, 3.63) is 71.4 Å². The van der Waals surface area contributed by atoms with Gasteiger partial charge >= 0.3 is 0 Å². The molecule has 0 spiro atoms. The molecule has 1 N–H and O–H groups in total. The molecule has 3 aromatic rings. The molecule has 0 saturated carbocycles. The van der Waals surface area contributed by atoms with Gasteiger partial charge in [-0.15, -0.1) is 0 Å². The highest BCUT2D eigenvalue weighted by Crippen LogP contribution is 2.28. The van der Waals surface area contributed by atoms with Gasteiger partial charge in [0.25, 0.3) is 5.91 Å². The Morgan fingerprint density at radius 1 is 1.16 bits per heavy atom. The molecular formula is C28H37N3O. The number of nitrogens with zero attached hydrogens (tertiary/aromatic N) is 2. The first-order chi connectivity index (χ1) is 15.4. The van der Waals surface area contributed by atoms with Gasteiger partial charge in [-0.3, -0.25) is 9.69 Å². The Morgan fingerprint density at radius 2 is 1.97 bits per heavy atom. The summed E-state index contributed by atoms with van der Waals surface area (Å²) in [4.78, 5) is 21.2. The van der Waals surface area contributed by atoms with E-state index in [1.165, 1.54) is 24.0 Å². The molecule has 2 heterocycles. The number of likely N-dealkylation sites (tertiary alicyclic amines) is 1. The molecule has 32 heavy (non-hydrogen) atoms. The zero-order chi connectivity index (χ0) is 22.7. The monoisotopic (exact) mass is 431 g/mol. The van der Waals surface area contributed by atoms with E-state index >= 15 is 0 Å². The van der Waals surface area contributed by atoms with Crippen LogP contribution < -0.4 is 0 Å². The second-order valence-corrected chi connectivity index (χ2v) is 10.0. The lowest BCUT2D eigenvalue weighted by atomic mass is 9.87. The quantitative estimate of drug-likeness (QED) is 0.523. The number of piperidine rings is 1. The van der Waals surface area contributed by atoms with Gasteiger partial charge in [-0.25, -0.2) is 0 Å². The van der Waals surface area contributed by atoms with Crippen LogP contribution in [0.4, 0.5) is 0 Å². The summed E-state index contributed by atoms with van der Waals surface area (Å²) in [5.41, 5.74) is 4.55. The van der Waals surface area contributed by atoms with Gasteiger partial charge in [0.2, 0.25) is 0 Å². The Kier molecular flexibility index (Phi) is 6.71. The van der Waals surface area contributed by atoms with E-state index in [-0.39, 0.29) is 11.4 Å². The number of rotatable bonds is 7. The number of amides is 1. The van der Waals surface area contributed by atoms with Gasteiger partial charge in [0.15, 0.2) is 0 Å². The van der Waals surface area contributed by atoms with Gasteiger partial charge in [-0.2, -0.15) is 0 Å². The lowest BCUT2D eigenvalue weighted by Gasteiger charge is -2.44. The zero-order valence-electron chi connectivity index (χ0n) is 20.0. The molecule has 1 atom stereocenters. The van der Waals surface area contributed by atoms with Crippen LogP contribution in [-0.4, -0.2) is 52.4 Å². The van der Waals surface area contributed by atoms with Gasteiger partial charge in [0, 0.05) is 36.1 Å². The number of nitrogens with one attached hydrogen (secondary N) is 1. The van der Waals surface area contributed by atoms with Crippen molar-refractivity contribution in [2.45, 2.75) is 52.5 Å². The lowest BCUT2D eigenvalue weighted by Crippen LogP contribution is -2.52. The first kappa shape index (κ1) is 22.6. The summed E-state index contributed by atoms with van der Waals surface area (Å²) in [5.74, 6) is 0.619. The highest BCUT2D eigenvalue weighted by atomic mass is 16.2. The number of hydrogen-bond donors (Lipinski definition) is 1. The summed E-state index contributed by atoms with van der Waals surface area (Å²) in [7, 11) is 0. The fourth-order valence-corrected chi connectivity index (χ4v) is 5.22. The maximum Gasteiger partial charge on any atom is 0.270 e. The molecule has 4 rings (SSSR count). The molecule has 1 aliphatic heterocycles. The van der Waals surface area contributed by atoms with E-state index in [9.17, 15) is 4.79 Å². The molecule has 4 nitrogen and oxygen atoms in total. The third-order valence-electron chi connectivity index (χ3n) is 7.00. The summed E-state index contributed by atoms with van der Waals surface area (Å²) in [6, 6.07) is 18.9. The molecule has 0 bridgehead atoms. The first-order valence-corrected chi connectivity index (χ1v) is 12.0. The molecule has 0 aliphatic carbocycles. The Hall–Kier alpha value is -2.59. The maximum absolute atomic E-state index is 13.3. The Labute approximate surface area is 192 Å². The van der Waals surface area contributed by atoms with Crippen molar-refractivity contribution in [3.63, 3.8) is 0 Å². The third kappa shape index (κ3) is 5.07. The Morgan fingerprint density at radius 3 is 2.72 bits per heavy atom. The van der Waals surface area contributed by atoms with Crippen LogP contribution in [0, 0.1) is 12.8 Å². The van der Waals surface area contributed by atoms with Crippen LogP contribution in [0.3, 0.4) is 0 Å². The SMILES string of the molecule is CCN(CC1CCCN(C(C)(C)Cc2cccc(C)c2)C1)C(=O)c1cc2ccccc2[nH]1. The first-order valence-electron chi connectivity index (χ1n) is 12.0.